The number of amides is 7. The third-order valence-electron chi connectivity index (χ3n) is 5.24. The number of urea groups is 3. The molecule has 0 aromatic heterocycles. The molecule has 38 heavy (non-hydrogen) atoms. The molecule has 2 fully saturated rings. The number of ether oxygens (including phenoxy) is 3. The molecule has 0 radical (unpaired) electrons. The maximum atomic E-state index is 11.2. The van der Waals surface area contributed by atoms with Gasteiger partial charge in [0.2, 0.25) is 5.91 Å². The molecule has 0 aromatic rings. The molecule has 2 saturated heterocycles. The van der Waals surface area contributed by atoms with Crippen molar-refractivity contribution in [2.24, 2.45) is 5.73 Å². The molecule has 0 spiro atoms. The van der Waals surface area contributed by atoms with Gasteiger partial charge in [-0.1, -0.05) is 20.4 Å². The van der Waals surface area contributed by atoms with E-state index in [0.717, 1.165) is 37.6 Å². The zero-order chi connectivity index (χ0) is 30.0. The number of hydrogen-bond donors (Lipinski definition) is 2. The second-order valence-corrected chi connectivity index (χ2v) is 7.58. The van der Waals surface area contributed by atoms with Crippen LogP contribution in [0.5, 0.6) is 0 Å². The summed E-state index contributed by atoms with van der Waals surface area (Å²) >= 11 is 0. The summed E-state index contributed by atoms with van der Waals surface area (Å²) in [5, 5.41) is 2.48. The van der Waals surface area contributed by atoms with Crippen molar-refractivity contribution in [3.05, 3.63) is 24.9 Å². The normalized spacial score (nSPS) is 15.0. The summed E-state index contributed by atoms with van der Waals surface area (Å²) in [6, 6.07) is -1.01. The molecule has 0 aromatic carbocycles. The van der Waals surface area contributed by atoms with Gasteiger partial charge < -0.3 is 35.1 Å². The monoisotopic (exact) mass is 545 g/mol. The van der Waals surface area contributed by atoms with Gasteiger partial charge in [0.05, 0.1) is 14.2 Å². The lowest BCUT2D eigenvalue weighted by Gasteiger charge is -2.36. The van der Waals surface area contributed by atoms with E-state index < -0.39 is 6.16 Å². The Kier molecular flexibility index (Phi) is 18.2. The number of primary amides is 1. The average Bonchev–Trinajstić information content (AvgIpc) is 2.94. The molecular formula is C23H43N7O8. The van der Waals surface area contributed by atoms with Gasteiger partial charge in [0.1, 0.15) is 5.82 Å². The summed E-state index contributed by atoms with van der Waals surface area (Å²) < 4.78 is 12.8. The van der Waals surface area contributed by atoms with Crippen LogP contribution in [-0.2, 0) is 19.0 Å². The number of nitrogens with two attached hydrogens (primary N) is 1. The number of hydrogen-bond acceptors (Lipinski definition) is 9. The van der Waals surface area contributed by atoms with Crippen molar-refractivity contribution in [3.8, 4) is 0 Å². The minimum absolute atomic E-state index is 0.0816. The third kappa shape index (κ3) is 13.3. The van der Waals surface area contributed by atoms with Crippen molar-refractivity contribution < 1.29 is 38.2 Å². The lowest BCUT2D eigenvalue weighted by molar-refractivity contribution is -0.120. The average molecular weight is 546 g/mol. The van der Waals surface area contributed by atoms with Crippen LogP contribution in [0.4, 0.5) is 19.2 Å². The van der Waals surface area contributed by atoms with Crippen molar-refractivity contribution in [2.45, 2.75) is 20.3 Å². The molecule has 0 atom stereocenters. The first-order valence-electron chi connectivity index (χ1n) is 11.7. The topological polar surface area (TPSA) is 167 Å². The number of methoxy groups -OCH3 is 2. The van der Waals surface area contributed by atoms with E-state index in [1.807, 2.05) is 6.92 Å². The molecule has 0 aliphatic carbocycles. The number of rotatable bonds is 4. The summed E-state index contributed by atoms with van der Waals surface area (Å²) in [7, 11) is 8.75. The van der Waals surface area contributed by atoms with Gasteiger partial charge in [-0.25, -0.2) is 24.1 Å². The lowest BCUT2D eigenvalue weighted by Crippen LogP contribution is -2.55. The Labute approximate surface area is 224 Å². The first kappa shape index (κ1) is 36.1. The number of nitrogens with one attached hydrogen (secondary N) is 1. The molecule has 0 saturated carbocycles. The van der Waals surface area contributed by atoms with E-state index in [1.165, 1.54) is 31.1 Å². The van der Waals surface area contributed by atoms with Crippen molar-refractivity contribution in [2.75, 3.05) is 75.1 Å². The van der Waals surface area contributed by atoms with Gasteiger partial charge in [-0.3, -0.25) is 14.6 Å². The van der Waals surface area contributed by atoms with Gasteiger partial charge >= 0.3 is 24.2 Å². The van der Waals surface area contributed by atoms with Crippen LogP contribution >= 0.6 is 0 Å². The van der Waals surface area contributed by atoms with E-state index in [1.54, 1.807) is 26.0 Å². The SMILES string of the molecule is C=C(OC)OC(=O)OC.C=C1N(C)C(=O)N(C)C(=O)N1C.CCC(=O)NC.CCN1CCN(C(N)=O)CC1. The van der Waals surface area contributed by atoms with E-state index in [0.29, 0.717) is 12.2 Å². The van der Waals surface area contributed by atoms with Gasteiger partial charge in [0.15, 0.2) is 0 Å². The minimum Gasteiger partial charge on any atom is -0.469 e. The van der Waals surface area contributed by atoms with Crippen LogP contribution in [0.15, 0.2) is 24.9 Å². The fourth-order valence-electron chi connectivity index (χ4n) is 2.62. The van der Waals surface area contributed by atoms with Crippen LogP contribution in [0.2, 0.25) is 0 Å². The molecule has 15 nitrogen and oxygen atoms in total. The summed E-state index contributed by atoms with van der Waals surface area (Å²) in [4.78, 5) is 61.1. The van der Waals surface area contributed by atoms with Gasteiger partial charge in [0, 0.05) is 60.8 Å². The number of carbonyl (C=O) groups excluding carboxylic acids is 5. The summed E-state index contributed by atoms with van der Waals surface area (Å²) in [5.74, 6) is 0.403. The number of carbonyl (C=O) groups is 5. The highest BCUT2D eigenvalue weighted by Crippen LogP contribution is 2.15. The quantitative estimate of drug-likeness (QED) is 0.390. The second kappa shape index (κ2) is 19.1. The van der Waals surface area contributed by atoms with Crippen LogP contribution in [0.25, 0.3) is 0 Å². The standard InChI is InChI=1S/C7H11N3O2.C7H15N3O.C5H8O4.C4H9NO/c1-5-8(2)6(11)10(4)7(12)9(5)3;1-2-9-3-5-10(6-4-9)7(8)11;1-4(7-2)9-5(6)8-3;1-3-4(6)5-2/h1H2,2-4H3;2-6H2,1H3,(H2,8,11);1H2,2-3H3;3H2,1-2H3,(H,5,6). The predicted octanol–water partition coefficient (Wildman–Crippen LogP) is 1.24. The molecule has 3 N–H and O–H groups in total. The maximum absolute atomic E-state index is 11.2. The second-order valence-electron chi connectivity index (χ2n) is 7.58. The molecule has 7 amide bonds. The third-order valence-corrected chi connectivity index (χ3v) is 5.24. The maximum Gasteiger partial charge on any atom is 0.515 e. The first-order chi connectivity index (χ1) is 17.7. The Hall–Kier alpha value is -4.01. The van der Waals surface area contributed by atoms with E-state index in [-0.39, 0.29) is 29.9 Å². The number of likely N-dealkylation sites (N-methyl/N-ethyl adjacent to an activating group) is 1. The number of piperazine rings is 1. The van der Waals surface area contributed by atoms with Gasteiger partial charge in [0.25, 0.3) is 5.95 Å². The Balaban J connectivity index is 0. The molecule has 0 bridgehead atoms. The van der Waals surface area contributed by atoms with Crippen molar-refractivity contribution in [3.63, 3.8) is 0 Å². The van der Waals surface area contributed by atoms with E-state index in [4.69, 9.17) is 5.73 Å². The molecular weight excluding hydrogens is 502 g/mol. The zero-order valence-corrected chi connectivity index (χ0v) is 23.7. The summed E-state index contributed by atoms with van der Waals surface area (Å²) in [5.41, 5.74) is 5.12. The minimum atomic E-state index is -0.832. The molecule has 15 heteroatoms. The molecule has 2 aliphatic rings. The van der Waals surface area contributed by atoms with Crippen molar-refractivity contribution >= 4 is 30.2 Å². The molecule has 2 aliphatic heterocycles. The summed E-state index contributed by atoms with van der Waals surface area (Å²) in [6.45, 7) is 15.3. The van der Waals surface area contributed by atoms with Crippen LogP contribution < -0.4 is 11.1 Å². The van der Waals surface area contributed by atoms with Gasteiger partial charge in [-0.15, -0.1) is 0 Å². The molecule has 0 unspecified atom stereocenters. The van der Waals surface area contributed by atoms with Crippen LogP contribution in [0.3, 0.4) is 0 Å². The van der Waals surface area contributed by atoms with Crippen LogP contribution in [0.1, 0.15) is 20.3 Å². The summed E-state index contributed by atoms with van der Waals surface area (Å²) in [6.07, 6.45) is -0.252. The van der Waals surface area contributed by atoms with E-state index in [9.17, 15) is 24.0 Å². The Bertz CT molecular complexity index is 748. The highest BCUT2D eigenvalue weighted by Gasteiger charge is 2.33. The smallest absolute Gasteiger partial charge is 0.469 e. The highest BCUT2D eigenvalue weighted by atomic mass is 16.8. The highest BCUT2D eigenvalue weighted by molar-refractivity contribution is 5.97. The van der Waals surface area contributed by atoms with Crippen molar-refractivity contribution in [1.82, 2.24) is 29.8 Å². The molecule has 218 valence electrons. The van der Waals surface area contributed by atoms with E-state index in [2.05, 4.69) is 44.5 Å². The fraction of sp³-hybridized carbons (Fsp3) is 0.609. The molecule has 2 heterocycles. The van der Waals surface area contributed by atoms with Crippen LogP contribution in [0, 0.1) is 0 Å². The lowest BCUT2D eigenvalue weighted by atomic mass is 10.3. The van der Waals surface area contributed by atoms with E-state index >= 15 is 0 Å². The van der Waals surface area contributed by atoms with Gasteiger partial charge in [-0.05, 0) is 13.1 Å². The molecule has 2 rings (SSSR count). The fourth-order valence-corrected chi connectivity index (χ4v) is 2.62. The van der Waals surface area contributed by atoms with Crippen LogP contribution in [-0.4, -0.2) is 130 Å². The number of imide groups is 1. The Morgan fingerprint density at radius 2 is 1.39 bits per heavy atom. The van der Waals surface area contributed by atoms with Gasteiger partial charge in [-0.2, -0.15) is 0 Å². The predicted molar refractivity (Wildman–Crippen MR) is 140 cm³/mol. The first-order valence-corrected chi connectivity index (χ1v) is 11.7. The zero-order valence-electron chi connectivity index (χ0n) is 23.7. The van der Waals surface area contributed by atoms with Crippen molar-refractivity contribution in [1.29, 1.82) is 0 Å². The Morgan fingerprint density at radius 1 is 0.921 bits per heavy atom. The largest absolute Gasteiger partial charge is 0.515 e. The number of nitrogens with zero attached hydrogens (tertiary/aromatic N) is 5. The Morgan fingerprint density at radius 3 is 1.68 bits per heavy atom.